The van der Waals surface area contributed by atoms with Crippen LogP contribution in [0.2, 0.25) is 0 Å². The normalized spacial score (nSPS) is 12.0. The van der Waals surface area contributed by atoms with Crippen molar-refractivity contribution in [2.24, 2.45) is 4.99 Å². The summed E-state index contributed by atoms with van der Waals surface area (Å²) in [6, 6.07) is 8.24. The first-order valence-electron chi connectivity index (χ1n) is 8.24. The number of rotatable bonds is 8. The fraction of sp³-hybridized carbons (Fsp3) is 0.556. The van der Waals surface area contributed by atoms with E-state index in [1.165, 1.54) is 5.56 Å². The molecule has 0 saturated heterocycles. The summed E-state index contributed by atoms with van der Waals surface area (Å²) in [6.45, 7) is 6.02. The van der Waals surface area contributed by atoms with E-state index < -0.39 is 0 Å². The van der Waals surface area contributed by atoms with Gasteiger partial charge in [0.2, 0.25) is 5.91 Å². The van der Waals surface area contributed by atoms with Gasteiger partial charge in [0.05, 0.1) is 0 Å². The monoisotopic (exact) mass is 428 g/mol. The topological polar surface area (TPSA) is 56.7 Å². The summed E-state index contributed by atoms with van der Waals surface area (Å²) in [6.07, 6.45) is 2.07. The van der Waals surface area contributed by atoms with Crippen LogP contribution >= 0.6 is 27.7 Å². The van der Waals surface area contributed by atoms with Crippen LogP contribution in [0.25, 0.3) is 0 Å². The second-order valence-electron chi connectivity index (χ2n) is 6.59. The third-order valence-corrected chi connectivity index (χ3v) is 5.07. The second-order valence-corrected chi connectivity index (χ2v) is 8.43. The zero-order valence-electron chi connectivity index (χ0n) is 15.7. The summed E-state index contributed by atoms with van der Waals surface area (Å²) >= 11 is 5.40. The number of hydrogen-bond acceptors (Lipinski definition) is 3. The second kappa shape index (κ2) is 10.7. The van der Waals surface area contributed by atoms with Gasteiger partial charge in [0.25, 0.3) is 0 Å². The van der Waals surface area contributed by atoms with Crippen LogP contribution in [0.5, 0.6) is 0 Å². The van der Waals surface area contributed by atoms with E-state index in [0.717, 1.165) is 16.8 Å². The highest BCUT2D eigenvalue weighted by Gasteiger charge is 2.23. The molecule has 0 unspecified atom stereocenters. The molecule has 0 aliphatic rings. The zero-order chi connectivity index (χ0) is 18.9. The van der Waals surface area contributed by atoms with Crippen molar-refractivity contribution in [2.45, 2.75) is 19.3 Å². The molecule has 2 N–H and O–H groups in total. The van der Waals surface area contributed by atoms with Gasteiger partial charge in [-0.05, 0) is 17.9 Å². The maximum absolute atomic E-state index is 11.8. The number of hydrogen-bond donors (Lipinski definition) is 2. The highest BCUT2D eigenvalue weighted by molar-refractivity contribution is 9.10. The Morgan fingerprint density at radius 2 is 1.96 bits per heavy atom. The van der Waals surface area contributed by atoms with E-state index in [9.17, 15) is 4.79 Å². The molecule has 0 atom stereocenters. The molecule has 0 saturated carbocycles. The summed E-state index contributed by atoms with van der Waals surface area (Å²) in [5.41, 5.74) is 1.14. The summed E-state index contributed by atoms with van der Waals surface area (Å²) in [5.74, 6) is 1.64. The van der Waals surface area contributed by atoms with Crippen molar-refractivity contribution in [3.8, 4) is 0 Å². The van der Waals surface area contributed by atoms with Gasteiger partial charge < -0.3 is 15.5 Å². The van der Waals surface area contributed by atoms with Gasteiger partial charge in [-0.15, -0.1) is 0 Å². The van der Waals surface area contributed by atoms with Crippen LogP contribution in [-0.2, 0) is 10.2 Å². The van der Waals surface area contributed by atoms with Gasteiger partial charge >= 0.3 is 0 Å². The minimum Gasteiger partial charge on any atom is -0.356 e. The summed E-state index contributed by atoms with van der Waals surface area (Å²) in [7, 11) is 3.48. The molecule has 1 amide bonds. The van der Waals surface area contributed by atoms with Crippen LogP contribution in [-0.4, -0.2) is 62.5 Å². The minimum absolute atomic E-state index is 0.0176. The van der Waals surface area contributed by atoms with E-state index in [4.69, 9.17) is 0 Å². The predicted molar refractivity (Wildman–Crippen MR) is 113 cm³/mol. The van der Waals surface area contributed by atoms with E-state index in [2.05, 4.69) is 63.8 Å². The van der Waals surface area contributed by atoms with Gasteiger partial charge in [0.15, 0.2) is 5.96 Å². The Balaban J connectivity index is 2.77. The number of amides is 1. The van der Waals surface area contributed by atoms with Crippen LogP contribution < -0.4 is 10.6 Å². The first-order chi connectivity index (χ1) is 11.8. The molecule has 0 heterocycles. The Kier molecular flexibility index (Phi) is 9.35. The molecule has 1 aromatic carbocycles. The Morgan fingerprint density at radius 3 is 2.56 bits per heavy atom. The maximum Gasteiger partial charge on any atom is 0.243 e. The van der Waals surface area contributed by atoms with Crippen LogP contribution in [0.15, 0.2) is 33.7 Å². The molecular formula is C18H29BrN4OS. The summed E-state index contributed by atoms with van der Waals surface area (Å²) < 4.78 is 1.10. The number of aliphatic imine (C=N–C) groups is 1. The number of carbonyl (C=O) groups excluding carboxylic acids is 1. The Morgan fingerprint density at radius 1 is 1.28 bits per heavy atom. The lowest BCUT2D eigenvalue weighted by molar-refractivity contribution is -0.127. The third-order valence-electron chi connectivity index (χ3n) is 3.77. The van der Waals surface area contributed by atoms with Crippen molar-refractivity contribution in [1.29, 1.82) is 0 Å². The van der Waals surface area contributed by atoms with Gasteiger partial charge in [-0.1, -0.05) is 48.0 Å². The average Bonchev–Trinajstić information content (AvgIpc) is 2.56. The molecule has 0 bridgehead atoms. The van der Waals surface area contributed by atoms with Crippen molar-refractivity contribution in [3.05, 3.63) is 34.3 Å². The molecule has 0 spiro atoms. The Labute approximate surface area is 164 Å². The quantitative estimate of drug-likeness (QED) is 0.379. The molecule has 1 aromatic rings. The molecule has 0 aliphatic carbocycles. The van der Waals surface area contributed by atoms with Crippen molar-refractivity contribution in [3.63, 3.8) is 0 Å². The lowest BCUT2D eigenvalue weighted by Crippen LogP contribution is -2.44. The molecule has 7 heteroatoms. The SMILES string of the molecule is CSCCNC(=NCC(=O)N(C)C)NCC(C)(C)c1ccccc1Br. The number of halogens is 1. The third kappa shape index (κ3) is 7.69. The minimum atomic E-state index is -0.0897. The first kappa shape index (κ1) is 21.8. The van der Waals surface area contributed by atoms with Crippen LogP contribution in [0.1, 0.15) is 19.4 Å². The molecule has 25 heavy (non-hydrogen) atoms. The smallest absolute Gasteiger partial charge is 0.243 e. The van der Waals surface area contributed by atoms with Gasteiger partial charge in [0, 0.05) is 42.8 Å². The number of guanidine groups is 1. The van der Waals surface area contributed by atoms with Crippen molar-refractivity contribution < 1.29 is 4.79 Å². The van der Waals surface area contributed by atoms with E-state index in [0.29, 0.717) is 12.5 Å². The summed E-state index contributed by atoms with van der Waals surface area (Å²) in [4.78, 5) is 17.8. The van der Waals surface area contributed by atoms with E-state index >= 15 is 0 Å². The van der Waals surface area contributed by atoms with Crippen molar-refractivity contribution in [2.75, 3.05) is 45.7 Å². The lowest BCUT2D eigenvalue weighted by Gasteiger charge is -2.28. The number of likely N-dealkylation sites (N-methyl/N-ethyl adjacent to an activating group) is 1. The number of nitrogens with one attached hydrogen (secondary N) is 2. The Hall–Kier alpha value is -1.21. The molecule has 0 aromatic heterocycles. The van der Waals surface area contributed by atoms with Crippen molar-refractivity contribution in [1.82, 2.24) is 15.5 Å². The van der Waals surface area contributed by atoms with Crippen LogP contribution in [0.4, 0.5) is 0 Å². The van der Waals surface area contributed by atoms with Gasteiger partial charge in [-0.2, -0.15) is 11.8 Å². The maximum atomic E-state index is 11.8. The van der Waals surface area contributed by atoms with E-state index in [1.54, 1.807) is 30.8 Å². The fourth-order valence-electron chi connectivity index (χ4n) is 2.14. The number of benzene rings is 1. The fourth-order valence-corrected chi connectivity index (χ4v) is 3.27. The van der Waals surface area contributed by atoms with Crippen molar-refractivity contribution >= 4 is 39.6 Å². The highest BCUT2D eigenvalue weighted by Crippen LogP contribution is 2.29. The van der Waals surface area contributed by atoms with Gasteiger partial charge in [-0.3, -0.25) is 4.79 Å². The van der Waals surface area contributed by atoms with E-state index in [-0.39, 0.29) is 17.9 Å². The Bertz CT molecular complexity index is 590. The molecule has 1 rings (SSSR count). The standard InChI is InChI=1S/C18H29BrN4OS/c1-18(2,14-8-6-7-9-15(14)19)13-22-17(20-10-11-25-5)21-12-16(24)23(3)4/h6-9H,10-13H2,1-5H3,(H2,20,21,22). The predicted octanol–water partition coefficient (Wildman–Crippen LogP) is 2.71. The van der Waals surface area contributed by atoms with Crippen LogP contribution in [0, 0.1) is 0 Å². The highest BCUT2D eigenvalue weighted by atomic mass is 79.9. The lowest BCUT2D eigenvalue weighted by atomic mass is 9.84. The average molecular weight is 429 g/mol. The molecule has 5 nitrogen and oxygen atoms in total. The number of nitrogens with zero attached hydrogens (tertiary/aromatic N) is 2. The molecule has 0 fully saturated rings. The first-order valence-corrected chi connectivity index (χ1v) is 10.4. The number of thioether (sulfide) groups is 1. The largest absolute Gasteiger partial charge is 0.356 e. The molecule has 140 valence electrons. The van der Waals surface area contributed by atoms with E-state index in [1.807, 2.05) is 12.1 Å². The zero-order valence-corrected chi connectivity index (χ0v) is 18.1. The number of carbonyl (C=O) groups is 1. The molecular weight excluding hydrogens is 400 g/mol. The van der Waals surface area contributed by atoms with Crippen LogP contribution in [0.3, 0.4) is 0 Å². The molecule has 0 aliphatic heterocycles. The van der Waals surface area contributed by atoms with Gasteiger partial charge in [-0.25, -0.2) is 4.99 Å². The molecule has 0 radical (unpaired) electrons. The van der Waals surface area contributed by atoms with Gasteiger partial charge in [0.1, 0.15) is 6.54 Å². The summed E-state index contributed by atoms with van der Waals surface area (Å²) in [5, 5.41) is 6.67.